The van der Waals surface area contributed by atoms with Gasteiger partial charge in [0.15, 0.2) is 6.10 Å². The summed E-state index contributed by atoms with van der Waals surface area (Å²) in [6, 6.07) is 5.72. The van der Waals surface area contributed by atoms with E-state index in [2.05, 4.69) is 10.3 Å². The predicted octanol–water partition coefficient (Wildman–Crippen LogP) is 2.90. The van der Waals surface area contributed by atoms with Crippen LogP contribution in [0.4, 0.5) is 17.6 Å². The highest BCUT2D eigenvalue weighted by molar-refractivity contribution is 5.26. The molecule has 1 fully saturated rings. The molecule has 1 heterocycles. The number of hydrogen-bond acceptors (Lipinski definition) is 2. The molecule has 1 saturated heterocycles. The molecule has 1 aromatic carbocycles. The van der Waals surface area contributed by atoms with E-state index in [9.17, 15) is 17.6 Å². The maximum absolute atomic E-state index is 13.5. The summed E-state index contributed by atoms with van der Waals surface area (Å²) in [6.07, 6.45) is -6.71. The van der Waals surface area contributed by atoms with E-state index in [1.807, 2.05) is 0 Å². The van der Waals surface area contributed by atoms with Gasteiger partial charge in [0.2, 0.25) is 0 Å². The van der Waals surface area contributed by atoms with Gasteiger partial charge >= 0.3 is 6.18 Å². The standard InChI is InChI=1S/C11H11F4NO/c1-10(7-4-2-3-5-8(7)12)6-9(17-16-10)11(13,14)15/h2-5,9,16H,6H2,1H3/t9-,10-/m1/s1. The van der Waals surface area contributed by atoms with Gasteiger partial charge < -0.3 is 0 Å². The Morgan fingerprint density at radius 2 is 2.00 bits per heavy atom. The van der Waals surface area contributed by atoms with E-state index in [0.29, 0.717) is 0 Å². The van der Waals surface area contributed by atoms with Gasteiger partial charge in [-0.15, -0.1) is 0 Å². The Morgan fingerprint density at radius 3 is 2.53 bits per heavy atom. The van der Waals surface area contributed by atoms with Crippen molar-refractivity contribution < 1.29 is 22.4 Å². The van der Waals surface area contributed by atoms with Crippen molar-refractivity contribution in [2.45, 2.75) is 31.2 Å². The lowest BCUT2D eigenvalue weighted by molar-refractivity contribution is -0.218. The van der Waals surface area contributed by atoms with Gasteiger partial charge in [0.25, 0.3) is 0 Å². The van der Waals surface area contributed by atoms with Gasteiger partial charge in [-0.05, 0) is 13.0 Å². The number of hydrogen-bond donors (Lipinski definition) is 1. The SMILES string of the molecule is C[C@]1(c2ccccc2F)C[C@H](C(F)(F)F)ON1. The minimum atomic E-state index is -4.45. The molecule has 2 rings (SSSR count). The van der Waals surface area contributed by atoms with Gasteiger partial charge in [0, 0.05) is 12.0 Å². The van der Waals surface area contributed by atoms with Crippen LogP contribution in [0.2, 0.25) is 0 Å². The molecule has 2 nitrogen and oxygen atoms in total. The molecule has 0 spiro atoms. The fourth-order valence-corrected chi connectivity index (χ4v) is 1.91. The van der Waals surface area contributed by atoms with E-state index in [0.717, 1.165) is 0 Å². The first-order valence-electron chi connectivity index (χ1n) is 5.07. The Morgan fingerprint density at radius 1 is 1.35 bits per heavy atom. The summed E-state index contributed by atoms with van der Waals surface area (Å²) in [5, 5.41) is 0. The van der Waals surface area contributed by atoms with Crippen LogP contribution in [0, 0.1) is 5.82 Å². The fraction of sp³-hybridized carbons (Fsp3) is 0.455. The number of alkyl halides is 3. The lowest BCUT2D eigenvalue weighted by atomic mass is 9.88. The van der Waals surface area contributed by atoms with E-state index in [1.54, 1.807) is 6.07 Å². The number of nitrogens with one attached hydrogen (secondary N) is 1. The van der Waals surface area contributed by atoms with Gasteiger partial charge in [-0.2, -0.15) is 18.7 Å². The van der Waals surface area contributed by atoms with Crippen LogP contribution in [0.3, 0.4) is 0 Å². The highest BCUT2D eigenvalue weighted by atomic mass is 19.4. The average Bonchev–Trinajstić information content (AvgIpc) is 2.62. The molecule has 1 aliphatic heterocycles. The second-order valence-electron chi connectivity index (χ2n) is 4.27. The molecular formula is C11H11F4NO. The Bertz CT molecular complexity index is 420. The lowest BCUT2D eigenvalue weighted by Crippen LogP contribution is -2.33. The van der Waals surface area contributed by atoms with E-state index in [1.165, 1.54) is 25.1 Å². The molecule has 94 valence electrons. The highest BCUT2D eigenvalue weighted by Crippen LogP contribution is 2.39. The molecule has 1 aromatic rings. The molecule has 1 N–H and O–H groups in total. The molecule has 17 heavy (non-hydrogen) atoms. The van der Waals surface area contributed by atoms with Crippen molar-refractivity contribution in [2.24, 2.45) is 0 Å². The van der Waals surface area contributed by atoms with Crippen molar-refractivity contribution in [3.8, 4) is 0 Å². The normalized spacial score (nSPS) is 29.6. The molecule has 0 bridgehead atoms. The Balaban J connectivity index is 2.26. The first-order valence-corrected chi connectivity index (χ1v) is 5.07. The van der Waals surface area contributed by atoms with Crippen LogP contribution in [0.15, 0.2) is 24.3 Å². The molecule has 6 heteroatoms. The summed E-state index contributed by atoms with van der Waals surface area (Å²) in [5.74, 6) is -0.547. The van der Waals surface area contributed by atoms with E-state index in [-0.39, 0.29) is 12.0 Å². The monoisotopic (exact) mass is 249 g/mol. The fourth-order valence-electron chi connectivity index (χ4n) is 1.91. The van der Waals surface area contributed by atoms with Crippen LogP contribution in [0.5, 0.6) is 0 Å². The van der Waals surface area contributed by atoms with Crippen LogP contribution in [0.25, 0.3) is 0 Å². The molecular weight excluding hydrogens is 238 g/mol. The van der Waals surface area contributed by atoms with Crippen molar-refractivity contribution in [1.82, 2.24) is 5.48 Å². The van der Waals surface area contributed by atoms with Crippen LogP contribution in [-0.4, -0.2) is 12.3 Å². The number of rotatable bonds is 1. The Labute approximate surface area is 95.5 Å². The van der Waals surface area contributed by atoms with Gasteiger partial charge in [0.1, 0.15) is 5.82 Å². The smallest absolute Gasteiger partial charge is 0.288 e. The summed E-state index contributed by atoms with van der Waals surface area (Å²) < 4.78 is 50.9. The molecule has 1 aliphatic rings. The summed E-state index contributed by atoms with van der Waals surface area (Å²) >= 11 is 0. The lowest BCUT2D eigenvalue weighted by Gasteiger charge is -2.23. The zero-order valence-corrected chi connectivity index (χ0v) is 9.01. The summed E-state index contributed by atoms with van der Waals surface area (Å²) in [7, 11) is 0. The molecule has 0 saturated carbocycles. The number of hydroxylamine groups is 1. The molecule has 0 aromatic heterocycles. The van der Waals surface area contributed by atoms with Gasteiger partial charge in [-0.3, -0.25) is 4.84 Å². The Hall–Kier alpha value is -1.14. The van der Waals surface area contributed by atoms with Gasteiger partial charge in [0.05, 0.1) is 5.54 Å². The third-order valence-electron chi connectivity index (χ3n) is 2.85. The third-order valence-corrected chi connectivity index (χ3v) is 2.85. The summed E-state index contributed by atoms with van der Waals surface area (Å²) in [6.45, 7) is 1.48. The van der Waals surface area contributed by atoms with E-state index in [4.69, 9.17) is 0 Å². The minimum absolute atomic E-state index is 0.173. The zero-order valence-electron chi connectivity index (χ0n) is 9.01. The molecule has 0 unspecified atom stereocenters. The van der Waals surface area contributed by atoms with Crippen molar-refractivity contribution in [3.63, 3.8) is 0 Å². The third kappa shape index (κ3) is 2.28. The maximum atomic E-state index is 13.5. The first kappa shape index (κ1) is 12.3. The quantitative estimate of drug-likeness (QED) is 0.773. The average molecular weight is 249 g/mol. The number of benzene rings is 1. The van der Waals surface area contributed by atoms with Crippen molar-refractivity contribution in [1.29, 1.82) is 0 Å². The molecule has 0 radical (unpaired) electrons. The first-order chi connectivity index (χ1) is 7.83. The molecule has 0 amide bonds. The summed E-state index contributed by atoms with van der Waals surface area (Å²) in [5.41, 5.74) is 1.30. The maximum Gasteiger partial charge on any atom is 0.416 e. The van der Waals surface area contributed by atoms with Crippen LogP contribution in [0.1, 0.15) is 18.9 Å². The Kier molecular flexibility index (Phi) is 2.87. The van der Waals surface area contributed by atoms with Crippen LogP contribution >= 0.6 is 0 Å². The topological polar surface area (TPSA) is 21.3 Å². The predicted molar refractivity (Wildman–Crippen MR) is 52.4 cm³/mol. The van der Waals surface area contributed by atoms with Crippen molar-refractivity contribution >= 4 is 0 Å². The van der Waals surface area contributed by atoms with Gasteiger partial charge in [-0.1, -0.05) is 18.2 Å². The highest BCUT2D eigenvalue weighted by Gasteiger charge is 2.51. The van der Waals surface area contributed by atoms with Crippen LogP contribution in [-0.2, 0) is 10.4 Å². The second kappa shape index (κ2) is 3.96. The van der Waals surface area contributed by atoms with E-state index >= 15 is 0 Å². The minimum Gasteiger partial charge on any atom is -0.288 e. The van der Waals surface area contributed by atoms with Gasteiger partial charge in [-0.25, -0.2) is 4.39 Å². The van der Waals surface area contributed by atoms with Crippen molar-refractivity contribution in [2.75, 3.05) is 0 Å². The summed E-state index contributed by atoms with van der Waals surface area (Å²) in [4.78, 5) is 4.50. The zero-order chi connectivity index (χ0) is 12.7. The largest absolute Gasteiger partial charge is 0.416 e. The second-order valence-corrected chi connectivity index (χ2v) is 4.27. The number of halogens is 4. The molecule has 0 aliphatic carbocycles. The van der Waals surface area contributed by atoms with E-state index < -0.39 is 23.6 Å². The molecule has 2 atom stereocenters. The van der Waals surface area contributed by atoms with Crippen LogP contribution < -0.4 is 5.48 Å². The van der Waals surface area contributed by atoms with Crippen molar-refractivity contribution in [3.05, 3.63) is 35.6 Å².